The van der Waals surface area contributed by atoms with Gasteiger partial charge in [-0.25, -0.2) is 4.39 Å². The van der Waals surface area contributed by atoms with E-state index in [9.17, 15) is 4.39 Å². The number of benzene rings is 1. The molecule has 1 rings (SSSR count). The SMILES string of the molecule is COCC(C)Oc1cccc(F)c1C#N. The van der Waals surface area contributed by atoms with E-state index < -0.39 is 5.82 Å². The molecule has 1 aromatic carbocycles. The van der Waals surface area contributed by atoms with E-state index in [0.29, 0.717) is 6.61 Å². The second-order valence-electron chi connectivity index (χ2n) is 3.11. The second kappa shape index (κ2) is 5.32. The molecule has 1 atom stereocenters. The van der Waals surface area contributed by atoms with Crippen molar-refractivity contribution in [1.29, 1.82) is 5.26 Å². The Kier molecular flexibility index (Phi) is 4.07. The predicted octanol–water partition coefficient (Wildman–Crippen LogP) is 2.11. The highest BCUT2D eigenvalue weighted by Crippen LogP contribution is 2.21. The van der Waals surface area contributed by atoms with Crippen LogP contribution in [-0.4, -0.2) is 19.8 Å². The smallest absolute Gasteiger partial charge is 0.144 e. The van der Waals surface area contributed by atoms with Crippen molar-refractivity contribution in [2.45, 2.75) is 13.0 Å². The fourth-order valence-corrected chi connectivity index (χ4v) is 1.20. The van der Waals surface area contributed by atoms with Gasteiger partial charge < -0.3 is 9.47 Å². The van der Waals surface area contributed by atoms with Gasteiger partial charge in [0.05, 0.1) is 6.61 Å². The number of nitriles is 1. The van der Waals surface area contributed by atoms with Gasteiger partial charge in [-0.1, -0.05) is 6.07 Å². The Morgan fingerprint density at radius 1 is 1.53 bits per heavy atom. The number of halogens is 1. The lowest BCUT2D eigenvalue weighted by Crippen LogP contribution is -2.18. The minimum Gasteiger partial charge on any atom is -0.487 e. The van der Waals surface area contributed by atoms with Crippen molar-refractivity contribution in [2.24, 2.45) is 0 Å². The number of hydrogen-bond acceptors (Lipinski definition) is 3. The van der Waals surface area contributed by atoms with Crippen LogP contribution in [0.3, 0.4) is 0 Å². The lowest BCUT2D eigenvalue weighted by molar-refractivity contribution is 0.0916. The molecule has 0 radical (unpaired) electrons. The molecule has 0 spiro atoms. The van der Waals surface area contributed by atoms with Crippen LogP contribution in [-0.2, 0) is 4.74 Å². The Hall–Kier alpha value is -1.60. The molecular weight excluding hydrogens is 197 g/mol. The highest BCUT2D eigenvalue weighted by atomic mass is 19.1. The zero-order valence-corrected chi connectivity index (χ0v) is 8.66. The van der Waals surface area contributed by atoms with Crippen molar-refractivity contribution in [3.63, 3.8) is 0 Å². The van der Waals surface area contributed by atoms with Gasteiger partial charge in [0.2, 0.25) is 0 Å². The van der Waals surface area contributed by atoms with Gasteiger partial charge in [0.1, 0.15) is 29.3 Å². The molecule has 0 aliphatic heterocycles. The standard InChI is InChI=1S/C11H12FNO2/c1-8(7-14-2)15-11-5-3-4-10(12)9(11)6-13/h3-5,8H,7H2,1-2H3. The van der Waals surface area contributed by atoms with Gasteiger partial charge >= 0.3 is 0 Å². The summed E-state index contributed by atoms with van der Waals surface area (Å²) in [6.07, 6.45) is -0.219. The third-order valence-corrected chi connectivity index (χ3v) is 1.82. The monoisotopic (exact) mass is 209 g/mol. The van der Waals surface area contributed by atoms with Gasteiger partial charge in [-0.15, -0.1) is 0 Å². The largest absolute Gasteiger partial charge is 0.487 e. The summed E-state index contributed by atoms with van der Waals surface area (Å²) in [5.74, 6) is -0.318. The molecule has 0 aromatic heterocycles. The summed E-state index contributed by atoms with van der Waals surface area (Å²) in [6.45, 7) is 2.18. The summed E-state index contributed by atoms with van der Waals surface area (Å²) in [4.78, 5) is 0. The van der Waals surface area contributed by atoms with E-state index in [-0.39, 0.29) is 17.4 Å². The molecule has 0 bridgehead atoms. The maximum Gasteiger partial charge on any atom is 0.144 e. The normalized spacial score (nSPS) is 11.9. The lowest BCUT2D eigenvalue weighted by atomic mass is 10.2. The molecule has 0 aliphatic rings. The molecule has 0 fully saturated rings. The number of nitrogens with zero attached hydrogens (tertiary/aromatic N) is 1. The number of ether oxygens (including phenoxy) is 2. The summed E-state index contributed by atoms with van der Waals surface area (Å²) >= 11 is 0. The van der Waals surface area contributed by atoms with E-state index in [2.05, 4.69) is 0 Å². The fraction of sp³-hybridized carbons (Fsp3) is 0.364. The van der Waals surface area contributed by atoms with Gasteiger partial charge in [0.15, 0.2) is 0 Å². The van der Waals surface area contributed by atoms with Crippen LogP contribution in [0, 0.1) is 17.1 Å². The summed E-state index contributed by atoms with van der Waals surface area (Å²) in [6, 6.07) is 6.07. The molecule has 80 valence electrons. The van der Waals surface area contributed by atoms with Gasteiger partial charge in [-0.3, -0.25) is 0 Å². The third kappa shape index (κ3) is 2.93. The minimum absolute atomic E-state index is 0.0690. The van der Waals surface area contributed by atoms with Crippen molar-refractivity contribution in [3.8, 4) is 11.8 Å². The van der Waals surface area contributed by atoms with Crippen LogP contribution in [0.1, 0.15) is 12.5 Å². The van der Waals surface area contributed by atoms with E-state index >= 15 is 0 Å². The second-order valence-corrected chi connectivity index (χ2v) is 3.11. The first-order chi connectivity index (χ1) is 7.19. The van der Waals surface area contributed by atoms with Crippen LogP contribution in [0.5, 0.6) is 5.75 Å². The molecule has 0 N–H and O–H groups in total. The first-order valence-corrected chi connectivity index (χ1v) is 4.53. The van der Waals surface area contributed by atoms with E-state index in [1.807, 2.05) is 0 Å². The molecule has 15 heavy (non-hydrogen) atoms. The highest BCUT2D eigenvalue weighted by molar-refractivity contribution is 5.43. The molecule has 0 saturated carbocycles. The molecule has 4 heteroatoms. The summed E-state index contributed by atoms with van der Waals surface area (Å²) < 4.78 is 23.4. The summed E-state index contributed by atoms with van der Waals surface area (Å²) in [5, 5.41) is 8.74. The van der Waals surface area contributed by atoms with Gasteiger partial charge in [0.25, 0.3) is 0 Å². The summed E-state index contributed by atoms with van der Waals surface area (Å²) in [7, 11) is 1.55. The first-order valence-electron chi connectivity index (χ1n) is 4.53. The van der Waals surface area contributed by atoms with Crippen LogP contribution in [0.25, 0.3) is 0 Å². The van der Waals surface area contributed by atoms with Crippen molar-refractivity contribution in [1.82, 2.24) is 0 Å². The molecule has 1 aromatic rings. The van der Waals surface area contributed by atoms with Crippen LogP contribution < -0.4 is 4.74 Å². The van der Waals surface area contributed by atoms with Crippen molar-refractivity contribution >= 4 is 0 Å². The minimum atomic E-state index is -0.570. The molecule has 0 amide bonds. The van der Waals surface area contributed by atoms with E-state index in [0.717, 1.165) is 0 Å². The lowest BCUT2D eigenvalue weighted by Gasteiger charge is -2.14. The third-order valence-electron chi connectivity index (χ3n) is 1.82. The topological polar surface area (TPSA) is 42.2 Å². The molecule has 0 saturated heterocycles. The van der Waals surface area contributed by atoms with Crippen molar-refractivity contribution in [2.75, 3.05) is 13.7 Å². The Morgan fingerprint density at radius 3 is 2.87 bits per heavy atom. The maximum atomic E-state index is 13.2. The molecule has 0 heterocycles. The van der Waals surface area contributed by atoms with Crippen LogP contribution in [0.15, 0.2) is 18.2 Å². The molecule has 3 nitrogen and oxygen atoms in total. The highest BCUT2D eigenvalue weighted by Gasteiger charge is 2.11. The molecular formula is C11H12FNO2. The fourth-order valence-electron chi connectivity index (χ4n) is 1.20. The average Bonchev–Trinajstić information content (AvgIpc) is 2.18. The Labute approximate surface area is 88.0 Å². The first kappa shape index (κ1) is 11.5. The van der Waals surface area contributed by atoms with Gasteiger partial charge in [-0.05, 0) is 19.1 Å². The van der Waals surface area contributed by atoms with E-state index in [1.54, 1.807) is 26.2 Å². The quantitative estimate of drug-likeness (QED) is 0.762. The van der Waals surface area contributed by atoms with Crippen molar-refractivity contribution in [3.05, 3.63) is 29.6 Å². The zero-order valence-electron chi connectivity index (χ0n) is 8.66. The average molecular weight is 209 g/mol. The zero-order chi connectivity index (χ0) is 11.3. The Bertz CT molecular complexity index is 373. The number of hydrogen-bond donors (Lipinski definition) is 0. The summed E-state index contributed by atoms with van der Waals surface area (Å²) in [5.41, 5.74) is -0.0690. The van der Waals surface area contributed by atoms with Gasteiger partial charge in [0, 0.05) is 7.11 Å². The maximum absolute atomic E-state index is 13.2. The molecule has 0 aliphatic carbocycles. The van der Waals surface area contributed by atoms with Crippen LogP contribution >= 0.6 is 0 Å². The number of rotatable bonds is 4. The van der Waals surface area contributed by atoms with Crippen LogP contribution in [0.2, 0.25) is 0 Å². The van der Waals surface area contributed by atoms with Crippen LogP contribution in [0.4, 0.5) is 4.39 Å². The Morgan fingerprint density at radius 2 is 2.27 bits per heavy atom. The van der Waals surface area contributed by atoms with Gasteiger partial charge in [-0.2, -0.15) is 5.26 Å². The van der Waals surface area contributed by atoms with E-state index in [4.69, 9.17) is 14.7 Å². The molecule has 1 unspecified atom stereocenters. The van der Waals surface area contributed by atoms with Crippen molar-refractivity contribution < 1.29 is 13.9 Å². The predicted molar refractivity (Wildman–Crippen MR) is 53.1 cm³/mol. The Balaban J connectivity index is 2.86. The number of methoxy groups -OCH3 is 1. The van der Waals surface area contributed by atoms with E-state index in [1.165, 1.54) is 12.1 Å².